The van der Waals surface area contributed by atoms with Crippen molar-refractivity contribution in [2.75, 3.05) is 19.8 Å². The van der Waals surface area contributed by atoms with E-state index in [1.165, 1.54) is 0 Å². The molecule has 88 valence electrons. The van der Waals surface area contributed by atoms with Crippen molar-refractivity contribution in [2.45, 2.75) is 37.8 Å². The molecule has 0 spiro atoms. The number of ether oxygens (including phenoxy) is 1. The van der Waals surface area contributed by atoms with Gasteiger partial charge in [-0.1, -0.05) is 13.3 Å². The lowest BCUT2D eigenvalue weighted by Crippen LogP contribution is -2.48. The number of rotatable bonds is 5. The van der Waals surface area contributed by atoms with Crippen molar-refractivity contribution in [3.05, 3.63) is 0 Å². The van der Waals surface area contributed by atoms with Crippen LogP contribution in [-0.4, -0.2) is 42.4 Å². The van der Waals surface area contributed by atoms with Gasteiger partial charge in [0.2, 0.25) is 5.91 Å². The summed E-state index contributed by atoms with van der Waals surface area (Å²) in [6.45, 7) is 3.04. The summed E-state index contributed by atoms with van der Waals surface area (Å²) >= 11 is 0. The number of nitrogens with two attached hydrogens (primary N) is 1. The van der Waals surface area contributed by atoms with Crippen LogP contribution < -0.4 is 11.1 Å². The first-order valence-electron chi connectivity index (χ1n) is 5.41. The van der Waals surface area contributed by atoms with Crippen molar-refractivity contribution in [1.29, 1.82) is 0 Å². The monoisotopic (exact) mass is 216 g/mol. The molecule has 4 N–H and O–H groups in total. The molecular weight excluding hydrogens is 196 g/mol. The smallest absolute Gasteiger partial charge is 0.237 e. The van der Waals surface area contributed by atoms with Gasteiger partial charge in [-0.05, 0) is 6.42 Å². The molecule has 2 atom stereocenters. The molecule has 5 heteroatoms. The van der Waals surface area contributed by atoms with E-state index in [0.717, 1.165) is 6.42 Å². The van der Waals surface area contributed by atoms with Crippen molar-refractivity contribution < 1.29 is 14.6 Å². The Balaban J connectivity index is 2.26. The second-order valence-corrected chi connectivity index (χ2v) is 4.14. The maximum Gasteiger partial charge on any atom is 0.237 e. The number of hydrogen-bond donors (Lipinski definition) is 3. The van der Waals surface area contributed by atoms with Gasteiger partial charge in [0.15, 0.2) is 0 Å². The third-order valence-corrected chi connectivity index (χ3v) is 2.61. The molecule has 0 bridgehead atoms. The van der Waals surface area contributed by atoms with Crippen molar-refractivity contribution in [3.8, 4) is 0 Å². The van der Waals surface area contributed by atoms with Crippen molar-refractivity contribution in [3.63, 3.8) is 0 Å². The van der Waals surface area contributed by atoms with E-state index in [1.807, 2.05) is 6.92 Å². The minimum absolute atomic E-state index is 0.197. The summed E-state index contributed by atoms with van der Waals surface area (Å²) in [7, 11) is 0. The lowest BCUT2D eigenvalue weighted by Gasteiger charge is -2.21. The molecule has 1 aliphatic rings. The van der Waals surface area contributed by atoms with E-state index in [2.05, 4.69) is 5.32 Å². The number of aliphatic hydroxyl groups is 1. The van der Waals surface area contributed by atoms with Crippen LogP contribution in [0.15, 0.2) is 0 Å². The molecule has 1 amide bonds. The van der Waals surface area contributed by atoms with E-state index in [9.17, 15) is 9.90 Å². The molecule has 1 unspecified atom stereocenters. The minimum Gasteiger partial charge on any atom is -0.386 e. The summed E-state index contributed by atoms with van der Waals surface area (Å²) in [5, 5.41) is 12.5. The Hall–Kier alpha value is -0.650. The zero-order valence-electron chi connectivity index (χ0n) is 9.16. The van der Waals surface area contributed by atoms with Crippen LogP contribution in [-0.2, 0) is 9.53 Å². The second kappa shape index (κ2) is 5.44. The second-order valence-electron chi connectivity index (χ2n) is 4.14. The van der Waals surface area contributed by atoms with Crippen LogP contribution in [0.25, 0.3) is 0 Å². The lowest BCUT2D eigenvalue weighted by molar-refractivity contribution is -0.123. The van der Waals surface area contributed by atoms with Gasteiger partial charge in [-0.3, -0.25) is 4.79 Å². The third-order valence-electron chi connectivity index (χ3n) is 2.61. The topological polar surface area (TPSA) is 84.6 Å². The average molecular weight is 216 g/mol. The Morgan fingerprint density at radius 3 is 3.00 bits per heavy atom. The Morgan fingerprint density at radius 2 is 2.47 bits per heavy atom. The molecule has 0 radical (unpaired) electrons. The largest absolute Gasteiger partial charge is 0.386 e. The molecule has 0 aliphatic carbocycles. The summed E-state index contributed by atoms with van der Waals surface area (Å²) in [5.74, 6) is -0.197. The Morgan fingerprint density at radius 1 is 1.73 bits per heavy atom. The fourth-order valence-corrected chi connectivity index (χ4v) is 1.56. The minimum atomic E-state index is -0.901. The van der Waals surface area contributed by atoms with Crippen LogP contribution in [0.1, 0.15) is 26.2 Å². The van der Waals surface area contributed by atoms with Gasteiger partial charge in [0.05, 0.1) is 12.6 Å². The van der Waals surface area contributed by atoms with Crippen LogP contribution >= 0.6 is 0 Å². The van der Waals surface area contributed by atoms with Gasteiger partial charge in [0.25, 0.3) is 0 Å². The zero-order chi connectivity index (χ0) is 11.3. The van der Waals surface area contributed by atoms with E-state index < -0.39 is 11.6 Å². The molecule has 0 aromatic carbocycles. The maximum atomic E-state index is 11.4. The van der Waals surface area contributed by atoms with E-state index >= 15 is 0 Å². The van der Waals surface area contributed by atoms with Gasteiger partial charge >= 0.3 is 0 Å². The highest BCUT2D eigenvalue weighted by Crippen LogP contribution is 2.16. The molecule has 1 aliphatic heterocycles. The standard InChI is InChI=1S/C10H20N2O3/c1-2-3-8(11)9(13)12-6-10(14)4-5-15-7-10/h8,14H,2-7,11H2,1H3,(H,12,13)/t8-,10?/m0/s1. The predicted octanol–water partition coefficient (Wildman–Crippen LogP) is -0.619. The fourth-order valence-electron chi connectivity index (χ4n) is 1.56. The molecule has 0 aromatic heterocycles. The number of carbonyl (C=O) groups excluding carboxylic acids is 1. The highest BCUT2D eigenvalue weighted by Gasteiger charge is 2.32. The van der Waals surface area contributed by atoms with E-state index in [0.29, 0.717) is 19.4 Å². The van der Waals surface area contributed by atoms with Crippen LogP contribution in [0.5, 0.6) is 0 Å². The quantitative estimate of drug-likeness (QED) is 0.572. The first-order chi connectivity index (χ1) is 7.07. The molecule has 15 heavy (non-hydrogen) atoms. The summed E-state index contributed by atoms with van der Waals surface area (Å²) in [4.78, 5) is 11.4. The van der Waals surface area contributed by atoms with Crippen LogP contribution in [0.2, 0.25) is 0 Å². The molecule has 1 fully saturated rings. The molecule has 1 saturated heterocycles. The maximum absolute atomic E-state index is 11.4. The molecule has 0 aromatic rings. The fraction of sp³-hybridized carbons (Fsp3) is 0.900. The summed E-state index contributed by atoms with van der Waals surface area (Å²) in [5.41, 5.74) is 4.73. The van der Waals surface area contributed by atoms with Crippen LogP contribution in [0, 0.1) is 0 Å². The number of carbonyl (C=O) groups is 1. The van der Waals surface area contributed by atoms with Gasteiger partial charge in [0, 0.05) is 19.6 Å². The third kappa shape index (κ3) is 3.77. The number of hydrogen-bond acceptors (Lipinski definition) is 4. The number of amides is 1. The van der Waals surface area contributed by atoms with Crippen molar-refractivity contribution >= 4 is 5.91 Å². The predicted molar refractivity (Wildman–Crippen MR) is 56.3 cm³/mol. The average Bonchev–Trinajstić information content (AvgIpc) is 2.63. The van der Waals surface area contributed by atoms with Gasteiger partial charge in [-0.2, -0.15) is 0 Å². The van der Waals surface area contributed by atoms with Crippen molar-refractivity contribution in [1.82, 2.24) is 5.32 Å². The van der Waals surface area contributed by atoms with Crippen LogP contribution in [0.4, 0.5) is 0 Å². The van der Waals surface area contributed by atoms with Gasteiger partial charge < -0.3 is 20.9 Å². The Labute approximate surface area is 90.0 Å². The lowest BCUT2D eigenvalue weighted by atomic mass is 10.0. The SMILES string of the molecule is CCC[C@H](N)C(=O)NCC1(O)CCOC1. The first-order valence-corrected chi connectivity index (χ1v) is 5.41. The Bertz CT molecular complexity index is 215. The van der Waals surface area contributed by atoms with Crippen LogP contribution in [0.3, 0.4) is 0 Å². The molecule has 0 saturated carbocycles. The van der Waals surface area contributed by atoms with E-state index in [-0.39, 0.29) is 19.1 Å². The highest BCUT2D eigenvalue weighted by atomic mass is 16.5. The highest BCUT2D eigenvalue weighted by molar-refractivity contribution is 5.81. The summed E-state index contributed by atoms with van der Waals surface area (Å²) < 4.78 is 5.07. The van der Waals surface area contributed by atoms with E-state index in [1.54, 1.807) is 0 Å². The van der Waals surface area contributed by atoms with Gasteiger partial charge in [-0.25, -0.2) is 0 Å². The normalized spacial score (nSPS) is 27.7. The van der Waals surface area contributed by atoms with Gasteiger partial charge in [-0.15, -0.1) is 0 Å². The van der Waals surface area contributed by atoms with E-state index in [4.69, 9.17) is 10.5 Å². The zero-order valence-corrected chi connectivity index (χ0v) is 9.16. The molecule has 1 heterocycles. The van der Waals surface area contributed by atoms with Crippen molar-refractivity contribution in [2.24, 2.45) is 5.73 Å². The summed E-state index contributed by atoms with van der Waals surface area (Å²) in [6.07, 6.45) is 2.11. The molecule has 5 nitrogen and oxygen atoms in total. The first kappa shape index (κ1) is 12.4. The Kier molecular flexibility index (Phi) is 4.50. The number of nitrogens with one attached hydrogen (secondary N) is 1. The summed E-state index contributed by atoms with van der Waals surface area (Å²) in [6, 6.07) is -0.471. The van der Waals surface area contributed by atoms with Gasteiger partial charge in [0.1, 0.15) is 5.60 Å². The molecule has 1 rings (SSSR count). The molecular formula is C10H20N2O3.